The van der Waals surface area contributed by atoms with Crippen molar-refractivity contribution in [2.45, 2.75) is 52.5 Å². The highest BCUT2D eigenvalue weighted by Gasteiger charge is 2.30. The summed E-state index contributed by atoms with van der Waals surface area (Å²) in [6.07, 6.45) is 0.987. The summed E-state index contributed by atoms with van der Waals surface area (Å²) >= 11 is 0. The van der Waals surface area contributed by atoms with Gasteiger partial charge in [0, 0.05) is 32.7 Å². The van der Waals surface area contributed by atoms with Crippen LogP contribution in [0.25, 0.3) is 5.69 Å². The summed E-state index contributed by atoms with van der Waals surface area (Å²) in [7, 11) is 0. The van der Waals surface area contributed by atoms with E-state index in [1.807, 2.05) is 30.4 Å². The second kappa shape index (κ2) is 9.08. The van der Waals surface area contributed by atoms with Crippen LogP contribution in [0.5, 0.6) is 0 Å². The van der Waals surface area contributed by atoms with Crippen molar-refractivity contribution < 1.29 is 9.53 Å². The third kappa shape index (κ3) is 4.43. The molecular weight excluding hydrogens is 414 g/mol. The van der Waals surface area contributed by atoms with E-state index in [4.69, 9.17) is 4.74 Å². The van der Waals surface area contributed by atoms with Gasteiger partial charge in [0.25, 0.3) is 5.91 Å². The molecule has 7 heteroatoms. The summed E-state index contributed by atoms with van der Waals surface area (Å²) in [4.78, 5) is 17.5. The molecular formula is C26H31N5O2. The van der Waals surface area contributed by atoms with Crippen LogP contribution in [0.2, 0.25) is 0 Å². The van der Waals surface area contributed by atoms with Gasteiger partial charge in [0.05, 0.1) is 23.6 Å². The number of carbonyl (C=O) groups is 1. The fourth-order valence-electron chi connectivity index (χ4n) is 5.07. The molecule has 0 bridgehead atoms. The number of hydrogen-bond donors (Lipinski definition) is 0. The van der Waals surface area contributed by atoms with Crippen LogP contribution < -0.4 is 0 Å². The number of benzene rings is 2. The Hall–Kier alpha value is -3.03. The Labute approximate surface area is 195 Å². The van der Waals surface area contributed by atoms with Crippen molar-refractivity contribution in [2.24, 2.45) is 0 Å². The largest absolute Gasteiger partial charge is 0.372 e. The summed E-state index contributed by atoms with van der Waals surface area (Å²) in [5.74, 6) is -0.0698. The highest BCUT2D eigenvalue weighted by atomic mass is 16.5. The number of fused-ring (bicyclic) bond motifs is 1. The zero-order valence-corrected chi connectivity index (χ0v) is 19.6. The summed E-state index contributed by atoms with van der Waals surface area (Å²) < 4.78 is 7.62. The molecule has 0 saturated carbocycles. The molecule has 7 nitrogen and oxygen atoms in total. The first-order valence-electron chi connectivity index (χ1n) is 11.7. The van der Waals surface area contributed by atoms with Gasteiger partial charge in [-0.1, -0.05) is 47.7 Å². The number of rotatable bonds is 4. The predicted molar refractivity (Wildman–Crippen MR) is 126 cm³/mol. The van der Waals surface area contributed by atoms with E-state index in [1.165, 1.54) is 16.7 Å². The van der Waals surface area contributed by atoms with Gasteiger partial charge >= 0.3 is 0 Å². The van der Waals surface area contributed by atoms with Gasteiger partial charge in [0.15, 0.2) is 5.69 Å². The number of hydrogen-bond acceptors (Lipinski definition) is 5. The number of carbonyl (C=O) groups excluding carboxylic acids is 1. The van der Waals surface area contributed by atoms with Crippen LogP contribution in [0.1, 0.15) is 46.7 Å². The van der Waals surface area contributed by atoms with Gasteiger partial charge in [0.1, 0.15) is 0 Å². The first-order valence-corrected chi connectivity index (χ1v) is 11.7. The Morgan fingerprint density at radius 2 is 1.82 bits per heavy atom. The molecule has 1 saturated heterocycles. The summed E-state index contributed by atoms with van der Waals surface area (Å²) in [5.41, 5.74) is 6.18. The molecule has 2 aliphatic heterocycles. The zero-order chi connectivity index (χ0) is 22.9. The number of amides is 1. The first kappa shape index (κ1) is 21.8. The van der Waals surface area contributed by atoms with Gasteiger partial charge in [-0.2, -0.15) is 0 Å². The molecule has 172 valence electrons. The monoisotopic (exact) mass is 445 g/mol. The zero-order valence-electron chi connectivity index (χ0n) is 19.6. The van der Waals surface area contributed by atoms with Crippen molar-refractivity contribution in [2.75, 3.05) is 19.6 Å². The Bertz CT molecular complexity index is 1130. The highest BCUT2D eigenvalue weighted by molar-refractivity contribution is 5.93. The van der Waals surface area contributed by atoms with Crippen LogP contribution in [-0.4, -0.2) is 62.5 Å². The second-order valence-corrected chi connectivity index (χ2v) is 9.26. The van der Waals surface area contributed by atoms with Crippen LogP contribution in [0.3, 0.4) is 0 Å². The van der Waals surface area contributed by atoms with Crippen LogP contribution in [0.4, 0.5) is 0 Å². The standard InChI is InChI=1S/C26H31N5O2/c1-18-14-30(15-19(2)33-18)26(32)25-20(3)31(28-27-25)24-11-7-10-22-17-29(13-12-23(22)24)16-21-8-5-4-6-9-21/h4-11,18-19H,12-17H2,1-3H3/t18-,19-/m0/s1. The Balaban J connectivity index is 1.38. The Morgan fingerprint density at radius 1 is 1.06 bits per heavy atom. The molecule has 2 aliphatic rings. The molecule has 5 rings (SSSR count). The molecule has 3 heterocycles. The van der Waals surface area contributed by atoms with Crippen molar-refractivity contribution >= 4 is 5.91 Å². The summed E-state index contributed by atoms with van der Waals surface area (Å²) in [6.45, 7) is 9.92. The van der Waals surface area contributed by atoms with Gasteiger partial charge in [-0.15, -0.1) is 5.10 Å². The summed E-state index contributed by atoms with van der Waals surface area (Å²) in [6, 6.07) is 17.0. The molecule has 0 N–H and O–H groups in total. The maximum atomic E-state index is 13.2. The lowest BCUT2D eigenvalue weighted by Crippen LogP contribution is -2.48. The quantitative estimate of drug-likeness (QED) is 0.616. The van der Waals surface area contributed by atoms with Crippen LogP contribution in [-0.2, 0) is 24.2 Å². The van der Waals surface area contributed by atoms with Gasteiger partial charge in [-0.05, 0) is 49.9 Å². The van der Waals surface area contributed by atoms with Crippen LogP contribution >= 0.6 is 0 Å². The minimum atomic E-state index is -0.0698. The third-order valence-corrected chi connectivity index (χ3v) is 6.60. The van der Waals surface area contributed by atoms with E-state index in [9.17, 15) is 4.79 Å². The average molecular weight is 446 g/mol. The van der Waals surface area contributed by atoms with Crippen molar-refractivity contribution in [3.8, 4) is 5.69 Å². The second-order valence-electron chi connectivity index (χ2n) is 9.26. The SMILES string of the molecule is Cc1c(C(=O)N2C[C@H](C)O[C@@H](C)C2)nnn1-c1cccc2c1CCN(Cc1ccccc1)C2. The maximum Gasteiger partial charge on any atom is 0.276 e. The fourth-order valence-corrected chi connectivity index (χ4v) is 5.07. The summed E-state index contributed by atoms with van der Waals surface area (Å²) in [5, 5.41) is 8.72. The molecule has 0 radical (unpaired) electrons. The van der Waals surface area contributed by atoms with E-state index in [1.54, 1.807) is 0 Å². The molecule has 2 aromatic carbocycles. The van der Waals surface area contributed by atoms with Crippen LogP contribution in [0, 0.1) is 6.92 Å². The van der Waals surface area contributed by atoms with E-state index in [-0.39, 0.29) is 18.1 Å². The normalized spacial score (nSPS) is 21.1. The van der Waals surface area contributed by atoms with Crippen molar-refractivity contribution in [1.82, 2.24) is 24.8 Å². The lowest BCUT2D eigenvalue weighted by molar-refractivity contribution is -0.0587. The minimum absolute atomic E-state index is 0.0213. The minimum Gasteiger partial charge on any atom is -0.372 e. The van der Waals surface area contributed by atoms with Gasteiger partial charge in [-0.25, -0.2) is 4.68 Å². The lowest BCUT2D eigenvalue weighted by atomic mass is 9.97. The smallest absolute Gasteiger partial charge is 0.276 e. The first-order chi connectivity index (χ1) is 16.0. The number of ether oxygens (including phenoxy) is 1. The molecule has 0 spiro atoms. The number of nitrogens with zero attached hydrogens (tertiary/aromatic N) is 5. The molecule has 3 aromatic rings. The number of aromatic nitrogens is 3. The Morgan fingerprint density at radius 3 is 2.58 bits per heavy atom. The fraction of sp³-hybridized carbons (Fsp3) is 0.423. The Kier molecular flexibility index (Phi) is 6.00. The van der Waals surface area contributed by atoms with E-state index in [2.05, 4.69) is 63.7 Å². The third-order valence-electron chi connectivity index (χ3n) is 6.60. The molecule has 1 aromatic heterocycles. The van der Waals surface area contributed by atoms with Gasteiger partial charge < -0.3 is 9.64 Å². The molecule has 0 unspecified atom stereocenters. The van der Waals surface area contributed by atoms with Crippen LogP contribution in [0.15, 0.2) is 48.5 Å². The molecule has 1 fully saturated rings. The molecule has 0 aliphatic carbocycles. The van der Waals surface area contributed by atoms with Gasteiger partial charge in [-0.3, -0.25) is 9.69 Å². The molecule has 1 amide bonds. The number of morpholine rings is 1. The highest BCUT2D eigenvalue weighted by Crippen LogP contribution is 2.27. The molecule has 33 heavy (non-hydrogen) atoms. The lowest BCUT2D eigenvalue weighted by Gasteiger charge is -2.35. The van der Waals surface area contributed by atoms with E-state index < -0.39 is 0 Å². The maximum absolute atomic E-state index is 13.2. The van der Waals surface area contributed by atoms with E-state index >= 15 is 0 Å². The van der Waals surface area contributed by atoms with Gasteiger partial charge in [0.2, 0.25) is 0 Å². The van der Waals surface area contributed by atoms with E-state index in [0.29, 0.717) is 18.8 Å². The molecule has 2 atom stereocenters. The topological polar surface area (TPSA) is 63.5 Å². The predicted octanol–water partition coefficient (Wildman–Crippen LogP) is 3.38. The average Bonchev–Trinajstić information content (AvgIpc) is 3.19. The van der Waals surface area contributed by atoms with Crippen molar-refractivity contribution in [3.63, 3.8) is 0 Å². The van der Waals surface area contributed by atoms with Crippen molar-refractivity contribution in [3.05, 3.63) is 76.6 Å². The van der Waals surface area contributed by atoms with Crippen molar-refractivity contribution in [1.29, 1.82) is 0 Å². The van der Waals surface area contributed by atoms with E-state index in [0.717, 1.165) is 37.4 Å².